The Balaban J connectivity index is 1.32. The Morgan fingerprint density at radius 1 is 0.974 bits per heavy atom. The van der Waals surface area contributed by atoms with Crippen molar-refractivity contribution >= 4 is 16.7 Å². The number of aliphatic hydroxyl groups is 1. The normalized spacial score (nSPS) is 12.1. The molecule has 4 rings (SSSR count). The van der Waals surface area contributed by atoms with Crippen LogP contribution in [0.4, 0.5) is 0 Å². The SMILES string of the molecule is CCOC(=O)c1ccc(-c2ccc(OC[C@H](O)CNC(C)(C)Cc3ccc4ccccc4c3)c(C#N)c2)cc1. The van der Waals surface area contributed by atoms with E-state index in [0.29, 0.717) is 30.0 Å². The van der Waals surface area contributed by atoms with Crippen LogP contribution < -0.4 is 10.1 Å². The molecule has 200 valence electrons. The van der Waals surface area contributed by atoms with Crippen molar-refractivity contribution in [1.29, 1.82) is 5.26 Å². The molecule has 0 unspecified atom stereocenters. The molecule has 0 saturated carbocycles. The summed E-state index contributed by atoms with van der Waals surface area (Å²) in [4.78, 5) is 11.9. The molecule has 0 aliphatic heterocycles. The van der Waals surface area contributed by atoms with Crippen LogP contribution in [0.3, 0.4) is 0 Å². The molecule has 0 bridgehead atoms. The highest BCUT2D eigenvalue weighted by molar-refractivity contribution is 5.90. The lowest BCUT2D eigenvalue weighted by Gasteiger charge is -2.28. The van der Waals surface area contributed by atoms with Crippen molar-refractivity contribution in [2.75, 3.05) is 19.8 Å². The predicted octanol–water partition coefficient (Wildman–Crippen LogP) is 5.91. The fourth-order valence-electron chi connectivity index (χ4n) is 4.50. The molecule has 0 radical (unpaired) electrons. The first-order valence-corrected chi connectivity index (χ1v) is 13.1. The Labute approximate surface area is 229 Å². The number of esters is 1. The number of nitrogens with zero attached hydrogens (tertiary/aromatic N) is 1. The fourth-order valence-corrected chi connectivity index (χ4v) is 4.50. The van der Waals surface area contributed by atoms with Crippen LogP contribution in [0, 0.1) is 11.3 Å². The smallest absolute Gasteiger partial charge is 0.338 e. The number of nitriles is 1. The van der Waals surface area contributed by atoms with E-state index in [1.807, 2.05) is 30.3 Å². The van der Waals surface area contributed by atoms with Gasteiger partial charge in [-0.15, -0.1) is 0 Å². The second kappa shape index (κ2) is 12.6. The molecule has 0 spiro atoms. The Morgan fingerprint density at radius 3 is 2.41 bits per heavy atom. The minimum atomic E-state index is -0.748. The molecule has 1 atom stereocenters. The summed E-state index contributed by atoms with van der Waals surface area (Å²) < 4.78 is 10.8. The van der Waals surface area contributed by atoms with Gasteiger partial charge in [-0.1, -0.05) is 60.7 Å². The summed E-state index contributed by atoms with van der Waals surface area (Å²) in [6.45, 7) is 6.72. The molecule has 0 fully saturated rings. The van der Waals surface area contributed by atoms with Crippen molar-refractivity contribution < 1.29 is 19.4 Å². The number of benzene rings is 4. The van der Waals surface area contributed by atoms with Crippen molar-refractivity contribution in [3.63, 3.8) is 0 Å². The van der Waals surface area contributed by atoms with E-state index in [4.69, 9.17) is 9.47 Å². The van der Waals surface area contributed by atoms with Gasteiger partial charge in [0.2, 0.25) is 0 Å². The van der Waals surface area contributed by atoms with E-state index in [9.17, 15) is 15.2 Å². The summed E-state index contributed by atoms with van der Waals surface area (Å²) in [5.41, 5.74) is 3.54. The van der Waals surface area contributed by atoms with Gasteiger partial charge < -0.3 is 19.9 Å². The highest BCUT2D eigenvalue weighted by Crippen LogP contribution is 2.27. The van der Waals surface area contributed by atoms with E-state index < -0.39 is 6.10 Å². The second-order valence-electron chi connectivity index (χ2n) is 10.2. The predicted molar refractivity (Wildman–Crippen MR) is 154 cm³/mol. The van der Waals surface area contributed by atoms with Crippen molar-refractivity contribution in [1.82, 2.24) is 5.32 Å². The maximum Gasteiger partial charge on any atom is 0.338 e. The average molecular weight is 523 g/mol. The summed E-state index contributed by atoms with van der Waals surface area (Å²) in [7, 11) is 0. The van der Waals surface area contributed by atoms with Gasteiger partial charge in [0.05, 0.1) is 17.7 Å². The summed E-state index contributed by atoms with van der Waals surface area (Å²) in [6.07, 6.45) is 0.0641. The zero-order chi connectivity index (χ0) is 27.8. The molecule has 0 heterocycles. The standard InChI is InChI=1S/C33H34N2O4/c1-4-38-32(37)26-13-11-25(12-14-26)28-15-16-31(29(18-28)20-34)39-22-30(36)21-35-33(2,3)19-23-9-10-24-7-5-6-8-27(24)17-23/h5-18,30,35-36H,4,19,21-22H2,1-3H3/t30-/m1/s1. The number of aliphatic hydroxyl groups excluding tert-OH is 1. The third-order valence-corrected chi connectivity index (χ3v) is 6.54. The molecule has 39 heavy (non-hydrogen) atoms. The van der Waals surface area contributed by atoms with E-state index >= 15 is 0 Å². The quantitative estimate of drug-likeness (QED) is 0.238. The van der Waals surface area contributed by atoms with Gasteiger partial charge in [-0.2, -0.15) is 5.26 Å². The first-order chi connectivity index (χ1) is 18.8. The summed E-state index contributed by atoms with van der Waals surface area (Å²) in [5.74, 6) is 0.0505. The fraction of sp³-hybridized carbons (Fsp3) is 0.273. The van der Waals surface area contributed by atoms with Crippen LogP contribution in [-0.2, 0) is 11.2 Å². The Bertz CT molecular complexity index is 1470. The van der Waals surface area contributed by atoms with Gasteiger partial charge in [0.15, 0.2) is 0 Å². The number of carbonyl (C=O) groups is 1. The maximum atomic E-state index is 11.9. The van der Waals surface area contributed by atoms with Gasteiger partial charge in [0.25, 0.3) is 0 Å². The number of hydrogen-bond acceptors (Lipinski definition) is 6. The van der Waals surface area contributed by atoms with Crippen LogP contribution in [0.5, 0.6) is 5.75 Å². The highest BCUT2D eigenvalue weighted by Gasteiger charge is 2.20. The largest absolute Gasteiger partial charge is 0.489 e. The molecule has 4 aromatic rings. The molecule has 4 aromatic carbocycles. The van der Waals surface area contributed by atoms with Gasteiger partial charge in [0, 0.05) is 12.1 Å². The maximum absolute atomic E-state index is 11.9. The third kappa shape index (κ3) is 7.44. The number of nitrogens with one attached hydrogen (secondary N) is 1. The van der Waals surface area contributed by atoms with E-state index in [0.717, 1.165) is 17.5 Å². The summed E-state index contributed by atoms with van der Waals surface area (Å²) >= 11 is 0. The molecular formula is C33H34N2O4. The minimum Gasteiger partial charge on any atom is -0.489 e. The minimum absolute atomic E-state index is 0.0569. The van der Waals surface area contributed by atoms with Crippen molar-refractivity contribution in [3.05, 3.63) is 102 Å². The molecule has 0 saturated heterocycles. The van der Waals surface area contributed by atoms with Gasteiger partial charge >= 0.3 is 5.97 Å². The zero-order valence-electron chi connectivity index (χ0n) is 22.6. The molecule has 0 aliphatic rings. The van der Waals surface area contributed by atoms with Crippen molar-refractivity contribution in [2.45, 2.75) is 38.8 Å². The number of rotatable bonds is 11. The first-order valence-electron chi connectivity index (χ1n) is 13.1. The zero-order valence-corrected chi connectivity index (χ0v) is 22.6. The average Bonchev–Trinajstić information content (AvgIpc) is 2.95. The molecule has 0 aliphatic carbocycles. The summed E-state index contributed by atoms with van der Waals surface area (Å²) in [5, 5.41) is 26.1. The third-order valence-electron chi connectivity index (χ3n) is 6.54. The lowest BCUT2D eigenvalue weighted by Crippen LogP contribution is -2.46. The number of fused-ring (bicyclic) bond motifs is 1. The van der Waals surface area contributed by atoms with Gasteiger partial charge in [-0.25, -0.2) is 4.79 Å². The molecule has 6 heteroatoms. The van der Waals surface area contributed by atoms with Gasteiger partial charge in [-0.05, 0) is 78.9 Å². The number of carbonyl (C=O) groups excluding carboxylic acids is 1. The lowest BCUT2D eigenvalue weighted by atomic mass is 9.93. The van der Waals surface area contributed by atoms with Crippen molar-refractivity contribution in [2.24, 2.45) is 0 Å². The van der Waals surface area contributed by atoms with Crippen LogP contribution >= 0.6 is 0 Å². The van der Waals surface area contributed by atoms with E-state index in [1.54, 1.807) is 31.2 Å². The van der Waals surface area contributed by atoms with Crippen LogP contribution in [0.2, 0.25) is 0 Å². The number of β-amino-alcohol motifs (C(OH)–C–C–N with tert-alkyl or cyclic N) is 1. The van der Waals surface area contributed by atoms with Gasteiger partial charge in [-0.3, -0.25) is 0 Å². The molecule has 0 amide bonds. The first kappa shape index (κ1) is 27.8. The Morgan fingerprint density at radius 2 is 1.69 bits per heavy atom. The lowest BCUT2D eigenvalue weighted by molar-refractivity contribution is 0.0526. The van der Waals surface area contributed by atoms with Crippen LogP contribution in [0.25, 0.3) is 21.9 Å². The molecular weight excluding hydrogens is 488 g/mol. The number of ether oxygens (including phenoxy) is 2. The monoisotopic (exact) mass is 522 g/mol. The van der Waals surface area contributed by atoms with E-state index in [2.05, 4.69) is 55.6 Å². The molecule has 0 aromatic heterocycles. The molecule has 6 nitrogen and oxygen atoms in total. The van der Waals surface area contributed by atoms with E-state index in [-0.39, 0.29) is 18.1 Å². The van der Waals surface area contributed by atoms with Crippen LogP contribution in [0.15, 0.2) is 84.9 Å². The highest BCUT2D eigenvalue weighted by atomic mass is 16.5. The van der Waals surface area contributed by atoms with Crippen LogP contribution in [0.1, 0.15) is 42.3 Å². The van der Waals surface area contributed by atoms with Crippen LogP contribution in [-0.4, -0.2) is 42.5 Å². The van der Waals surface area contributed by atoms with Crippen molar-refractivity contribution in [3.8, 4) is 22.9 Å². The number of hydrogen-bond donors (Lipinski definition) is 2. The second-order valence-corrected chi connectivity index (χ2v) is 10.2. The molecule has 2 N–H and O–H groups in total. The van der Waals surface area contributed by atoms with Gasteiger partial charge in [0.1, 0.15) is 24.5 Å². The topological polar surface area (TPSA) is 91.6 Å². The Kier molecular flexibility index (Phi) is 8.98. The summed E-state index contributed by atoms with van der Waals surface area (Å²) in [6, 6.07) is 29.3. The Hall–Kier alpha value is -4.18. The van der Waals surface area contributed by atoms with E-state index in [1.165, 1.54) is 16.3 Å².